The molecule has 5 fully saturated rings. The van der Waals surface area contributed by atoms with Crippen molar-refractivity contribution >= 4 is 5.97 Å². The number of hydrogen-bond donors (Lipinski definition) is 1. The second kappa shape index (κ2) is 8.73. The summed E-state index contributed by atoms with van der Waals surface area (Å²) in [5, 5.41) is 7.42. The Kier molecular flexibility index (Phi) is 6.59. The minimum absolute atomic E-state index is 0.158. The topological polar surface area (TPSA) is 46.5 Å². The molecule has 0 aromatic heterocycles. The molecule has 3 nitrogen and oxygen atoms in total. The van der Waals surface area contributed by atoms with Crippen LogP contribution >= 0.6 is 0 Å². The van der Waals surface area contributed by atoms with Crippen LogP contribution in [0.1, 0.15) is 85.5 Å². The summed E-state index contributed by atoms with van der Waals surface area (Å²) in [5.41, 5.74) is 1.20. The average Bonchev–Trinajstić information content (AvgIpc) is 3.16. The molecule has 7 unspecified atom stereocenters. The van der Waals surface area contributed by atoms with E-state index in [0.717, 1.165) is 31.1 Å². The summed E-state index contributed by atoms with van der Waals surface area (Å²) < 4.78 is 45.5. The van der Waals surface area contributed by atoms with Crippen molar-refractivity contribution in [3.8, 4) is 12.8 Å². The number of aliphatic carboxylic acids is 1. The highest BCUT2D eigenvalue weighted by Crippen LogP contribution is 2.88. The monoisotopic (exact) mass is 494 g/mol. The van der Waals surface area contributed by atoms with E-state index in [1.165, 1.54) is 51.0 Å². The Hall–Kier alpha value is -1.64. The Morgan fingerprint density at radius 2 is 1.63 bits per heavy atom. The lowest BCUT2D eigenvalue weighted by Crippen LogP contribution is -2.49. The van der Waals surface area contributed by atoms with Gasteiger partial charge in [0.25, 0.3) is 5.97 Å². The molecule has 5 aliphatic carbocycles. The number of carboxylic acids is 1. The van der Waals surface area contributed by atoms with Crippen LogP contribution in [-0.2, 0) is 9.53 Å². The van der Waals surface area contributed by atoms with E-state index in [9.17, 15) is 13.2 Å². The molecule has 0 radical (unpaired) electrons. The molecule has 1 N–H and O–H groups in total. The van der Waals surface area contributed by atoms with Gasteiger partial charge in [-0.15, -0.1) is 12.8 Å². The van der Waals surface area contributed by atoms with Crippen molar-refractivity contribution in [2.24, 2.45) is 51.8 Å². The van der Waals surface area contributed by atoms with E-state index >= 15 is 0 Å². The largest absolute Gasteiger partial charge is 0.486 e. The summed E-state index contributed by atoms with van der Waals surface area (Å²) in [7, 11) is 0. The first kappa shape index (κ1) is 26.4. The first-order valence-electron chi connectivity index (χ1n) is 13.4. The third-order valence-electron chi connectivity index (χ3n) is 11.7. The number of allylic oxidation sites excluding steroid dienone is 2. The molecule has 6 aliphatic rings. The summed E-state index contributed by atoms with van der Waals surface area (Å²) in [6, 6.07) is 0. The van der Waals surface area contributed by atoms with Crippen LogP contribution in [0.25, 0.3) is 0 Å². The van der Waals surface area contributed by atoms with Crippen molar-refractivity contribution in [2.75, 3.05) is 0 Å². The van der Waals surface area contributed by atoms with Crippen LogP contribution in [0.2, 0.25) is 0 Å². The van der Waals surface area contributed by atoms with E-state index in [-0.39, 0.29) is 17.4 Å². The van der Waals surface area contributed by atoms with Gasteiger partial charge in [0.2, 0.25) is 0 Å². The van der Waals surface area contributed by atoms with E-state index < -0.39 is 17.9 Å². The smallest absolute Gasteiger partial charge is 0.448 e. The predicted molar refractivity (Wildman–Crippen MR) is 129 cm³/mol. The third kappa shape index (κ3) is 3.57. The minimum Gasteiger partial charge on any atom is -0.486 e. The Bertz CT molecular complexity index is 889. The highest BCUT2D eigenvalue weighted by Gasteiger charge is 2.83. The Balaban J connectivity index is 0.000000440. The van der Waals surface area contributed by atoms with Gasteiger partial charge in [-0.1, -0.05) is 33.6 Å². The molecule has 5 saturated carbocycles. The van der Waals surface area contributed by atoms with E-state index in [1.54, 1.807) is 0 Å². The van der Waals surface area contributed by atoms with Crippen LogP contribution in [0.5, 0.6) is 0 Å². The van der Waals surface area contributed by atoms with Crippen molar-refractivity contribution in [1.29, 1.82) is 0 Å². The zero-order valence-corrected chi connectivity index (χ0v) is 21.5. The molecule has 0 bridgehead atoms. The first-order chi connectivity index (χ1) is 16.4. The number of carboxylic acid groups (broad SMARTS) is 1. The molecule has 196 valence electrons. The predicted octanol–water partition coefficient (Wildman–Crippen LogP) is 7.47. The standard InChI is InChI=1S/C25H35F3O.C2H4O2.C2H2/c1-14-5-4-10-23-15(2)24(23)12-11-22(3)18-8-9-21(25(26,27)28)29-20(18)13-19(22)17(24)7-6-16(14)23;1-2(3)4;1-2/h9,14-20H,4-8,10-13H2,1-3H3;1H3,(H,3,4);1-2H/t14?,15-,16?,17?,18?,19?,20?,22-,23?,24+;;/m1../s1. The lowest BCUT2D eigenvalue weighted by molar-refractivity contribution is -0.150. The van der Waals surface area contributed by atoms with Gasteiger partial charge in [-0.3, -0.25) is 4.79 Å². The molecule has 2 spiro atoms. The Labute approximate surface area is 208 Å². The minimum atomic E-state index is -4.34. The van der Waals surface area contributed by atoms with E-state index in [4.69, 9.17) is 14.6 Å². The van der Waals surface area contributed by atoms with Gasteiger partial charge >= 0.3 is 6.18 Å². The van der Waals surface area contributed by atoms with Gasteiger partial charge in [0.15, 0.2) is 5.76 Å². The second-order valence-electron chi connectivity index (χ2n) is 12.4. The highest BCUT2D eigenvalue weighted by molar-refractivity contribution is 5.62. The van der Waals surface area contributed by atoms with Crippen LogP contribution in [0.15, 0.2) is 11.8 Å². The molecule has 0 amide bonds. The lowest BCUT2D eigenvalue weighted by atomic mass is 9.48. The van der Waals surface area contributed by atoms with Crippen LogP contribution in [-0.4, -0.2) is 23.4 Å². The number of carbonyl (C=O) groups is 1. The number of rotatable bonds is 0. The zero-order valence-electron chi connectivity index (χ0n) is 21.5. The molecular weight excluding hydrogens is 453 g/mol. The first-order valence-corrected chi connectivity index (χ1v) is 13.4. The third-order valence-corrected chi connectivity index (χ3v) is 11.7. The van der Waals surface area contributed by atoms with Crippen LogP contribution in [0, 0.1) is 64.6 Å². The second-order valence-corrected chi connectivity index (χ2v) is 12.4. The van der Waals surface area contributed by atoms with E-state index in [1.807, 2.05) is 0 Å². The summed E-state index contributed by atoms with van der Waals surface area (Å²) >= 11 is 0. The molecule has 1 aliphatic heterocycles. The van der Waals surface area contributed by atoms with E-state index in [0.29, 0.717) is 29.1 Å². The van der Waals surface area contributed by atoms with Gasteiger partial charge < -0.3 is 9.84 Å². The number of alkyl halides is 3. The van der Waals surface area contributed by atoms with Crippen molar-refractivity contribution in [1.82, 2.24) is 0 Å². The SMILES string of the molecule is C#C.CC(=O)O.CC1CCCC23C1CCC1C4CC5OC(C(F)(F)F)=CCC5[C@@]4(C)CC[C@]12[C@@H]3C. The molecule has 6 rings (SSSR count). The Morgan fingerprint density at radius 3 is 2.26 bits per heavy atom. The van der Waals surface area contributed by atoms with Gasteiger partial charge in [0, 0.05) is 12.8 Å². The van der Waals surface area contributed by atoms with Gasteiger partial charge in [-0.05, 0) is 96.9 Å². The molecule has 35 heavy (non-hydrogen) atoms. The zero-order chi connectivity index (χ0) is 26.0. The lowest BCUT2D eigenvalue weighted by Gasteiger charge is -2.56. The van der Waals surface area contributed by atoms with Crippen molar-refractivity contribution < 1.29 is 27.8 Å². The average molecular weight is 495 g/mol. The molecule has 0 saturated heterocycles. The van der Waals surface area contributed by atoms with Crippen molar-refractivity contribution in [3.05, 3.63) is 11.8 Å². The number of fused-ring (bicyclic) bond motifs is 4. The molecule has 6 heteroatoms. The van der Waals surface area contributed by atoms with Gasteiger partial charge in [0.1, 0.15) is 6.10 Å². The molecule has 0 aromatic rings. The van der Waals surface area contributed by atoms with Crippen LogP contribution in [0.4, 0.5) is 13.2 Å². The fourth-order valence-electron chi connectivity index (χ4n) is 10.7. The van der Waals surface area contributed by atoms with Crippen LogP contribution < -0.4 is 0 Å². The fourth-order valence-corrected chi connectivity index (χ4v) is 10.7. The molecule has 0 aromatic carbocycles. The summed E-state index contributed by atoms with van der Waals surface area (Å²) in [6.07, 6.45) is 15.5. The maximum Gasteiger partial charge on any atom is 0.448 e. The number of halogens is 3. The number of terminal acetylenes is 1. The number of hydrogen-bond acceptors (Lipinski definition) is 2. The van der Waals surface area contributed by atoms with Gasteiger partial charge in [-0.2, -0.15) is 13.2 Å². The van der Waals surface area contributed by atoms with Crippen molar-refractivity contribution in [2.45, 2.75) is 97.8 Å². The van der Waals surface area contributed by atoms with Gasteiger partial charge in [0.05, 0.1) is 0 Å². The maximum absolute atomic E-state index is 13.3. The van der Waals surface area contributed by atoms with E-state index in [2.05, 4.69) is 33.6 Å². The molecule has 1 heterocycles. The summed E-state index contributed by atoms with van der Waals surface area (Å²) in [6.45, 7) is 8.51. The quantitative estimate of drug-likeness (QED) is 0.355. The summed E-state index contributed by atoms with van der Waals surface area (Å²) in [5.74, 6) is 2.53. The maximum atomic E-state index is 13.3. The summed E-state index contributed by atoms with van der Waals surface area (Å²) in [4.78, 5) is 9.00. The Morgan fingerprint density at radius 1 is 1.03 bits per heavy atom. The molecule has 10 atom stereocenters. The highest BCUT2D eigenvalue weighted by atomic mass is 19.4. The van der Waals surface area contributed by atoms with Crippen LogP contribution in [0.3, 0.4) is 0 Å². The fraction of sp³-hybridized carbons (Fsp3) is 0.828. The molecular formula is C29H41F3O3. The van der Waals surface area contributed by atoms with Gasteiger partial charge in [-0.25, -0.2) is 0 Å². The normalized spacial score (nSPS) is 48.8. The number of ether oxygens (including phenoxy) is 1. The van der Waals surface area contributed by atoms with Crippen molar-refractivity contribution in [3.63, 3.8) is 0 Å².